The Balaban J connectivity index is 1.70. The number of benzene rings is 3. The van der Waals surface area contributed by atoms with Crippen LogP contribution in [0.15, 0.2) is 78.9 Å². The monoisotopic (exact) mass is 367 g/mol. The number of carbonyl (C=O) groups is 1. The lowest BCUT2D eigenvalue weighted by atomic mass is 10.2. The van der Waals surface area contributed by atoms with Crippen LogP contribution >= 0.6 is 11.6 Å². The average Bonchev–Trinajstić information content (AvgIpc) is 2.66. The first-order chi connectivity index (χ1) is 12.6. The van der Waals surface area contributed by atoms with Crippen molar-refractivity contribution in [2.45, 2.75) is 13.0 Å². The molecule has 0 aromatic heterocycles. The van der Waals surface area contributed by atoms with Gasteiger partial charge in [0.1, 0.15) is 11.5 Å². The molecule has 3 rings (SSSR count). The largest absolute Gasteiger partial charge is 0.479 e. The molecule has 5 heteroatoms. The Morgan fingerprint density at radius 2 is 1.50 bits per heavy atom. The topological polar surface area (TPSA) is 47.6 Å². The van der Waals surface area contributed by atoms with E-state index in [1.807, 2.05) is 42.5 Å². The van der Waals surface area contributed by atoms with E-state index < -0.39 is 6.10 Å². The van der Waals surface area contributed by atoms with Crippen molar-refractivity contribution in [3.05, 3.63) is 83.9 Å². The van der Waals surface area contributed by atoms with Crippen molar-refractivity contribution in [2.24, 2.45) is 0 Å². The van der Waals surface area contributed by atoms with Crippen LogP contribution in [0.4, 0.5) is 5.69 Å². The molecule has 0 saturated heterocycles. The van der Waals surface area contributed by atoms with E-state index in [1.54, 1.807) is 43.3 Å². The highest BCUT2D eigenvalue weighted by Gasteiger charge is 2.18. The summed E-state index contributed by atoms with van der Waals surface area (Å²) in [4.78, 5) is 12.5. The van der Waals surface area contributed by atoms with Gasteiger partial charge < -0.3 is 14.8 Å². The molecule has 1 unspecified atom stereocenters. The van der Waals surface area contributed by atoms with Crippen LogP contribution in [-0.4, -0.2) is 12.0 Å². The summed E-state index contributed by atoms with van der Waals surface area (Å²) in [6.45, 7) is 1.67. The Kier molecular flexibility index (Phi) is 5.77. The van der Waals surface area contributed by atoms with Crippen molar-refractivity contribution in [3.8, 4) is 17.2 Å². The first-order valence-corrected chi connectivity index (χ1v) is 8.55. The van der Waals surface area contributed by atoms with Crippen molar-refractivity contribution in [1.82, 2.24) is 0 Å². The van der Waals surface area contributed by atoms with Crippen molar-refractivity contribution in [3.63, 3.8) is 0 Å². The van der Waals surface area contributed by atoms with E-state index in [2.05, 4.69) is 5.32 Å². The molecule has 0 radical (unpaired) electrons. The van der Waals surface area contributed by atoms with Crippen molar-refractivity contribution < 1.29 is 14.3 Å². The summed E-state index contributed by atoms with van der Waals surface area (Å²) in [6.07, 6.45) is -0.723. The van der Waals surface area contributed by atoms with Gasteiger partial charge >= 0.3 is 0 Å². The standard InChI is InChI=1S/C21H18ClNO3/c1-15(25-19-13-7-5-11-17(19)22)21(24)23-18-12-6-8-14-20(18)26-16-9-3-2-4-10-16/h2-15H,1H3,(H,23,24). The van der Waals surface area contributed by atoms with Crippen LogP contribution in [0.2, 0.25) is 5.02 Å². The summed E-state index contributed by atoms with van der Waals surface area (Å²) in [5.41, 5.74) is 0.566. The van der Waals surface area contributed by atoms with Crippen molar-refractivity contribution in [2.75, 3.05) is 5.32 Å². The highest BCUT2D eigenvalue weighted by Crippen LogP contribution is 2.29. The van der Waals surface area contributed by atoms with E-state index in [0.29, 0.717) is 28.0 Å². The molecular formula is C21H18ClNO3. The second-order valence-corrected chi connectivity index (χ2v) is 6.00. The Morgan fingerprint density at radius 3 is 2.23 bits per heavy atom. The third kappa shape index (κ3) is 4.55. The van der Waals surface area contributed by atoms with E-state index in [-0.39, 0.29) is 5.91 Å². The number of amides is 1. The quantitative estimate of drug-likeness (QED) is 0.622. The molecule has 132 valence electrons. The zero-order valence-corrected chi connectivity index (χ0v) is 14.9. The zero-order chi connectivity index (χ0) is 18.4. The number of ether oxygens (including phenoxy) is 2. The summed E-state index contributed by atoms with van der Waals surface area (Å²) in [5, 5.41) is 3.30. The number of rotatable bonds is 6. The lowest BCUT2D eigenvalue weighted by Crippen LogP contribution is -2.30. The van der Waals surface area contributed by atoms with Gasteiger partial charge in [0.2, 0.25) is 0 Å². The van der Waals surface area contributed by atoms with E-state index in [0.717, 1.165) is 0 Å². The number of para-hydroxylation sites is 4. The molecule has 3 aromatic carbocycles. The molecule has 0 fully saturated rings. The van der Waals surface area contributed by atoms with Crippen molar-refractivity contribution >= 4 is 23.2 Å². The summed E-state index contributed by atoms with van der Waals surface area (Å²) in [7, 11) is 0. The van der Waals surface area contributed by atoms with Crippen LogP contribution in [0.25, 0.3) is 0 Å². The first-order valence-electron chi connectivity index (χ1n) is 8.17. The molecule has 1 amide bonds. The fourth-order valence-corrected chi connectivity index (χ4v) is 2.47. The minimum Gasteiger partial charge on any atom is -0.479 e. The molecule has 3 aromatic rings. The molecule has 1 N–H and O–H groups in total. The van der Waals surface area contributed by atoms with E-state index in [9.17, 15) is 4.79 Å². The third-order valence-corrected chi connectivity index (χ3v) is 3.94. The van der Waals surface area contributed by atoms with Gasteiger partial charge in [0, 0.05) is 0 Å². The van der Waals surface area contributed by atoms with Gasteiger partial charge in [-0.2, -0.15) is 0 Å². The van der Waals surface area contributed by atoms with Crippen LogP contribution < -0.4 is 14.8 Å². The molecule has 4 nitrogen and oxygen atoms in total. The fourth-order valence-electron chi connectivity index (χ4n) is 2.29. The van der Waals surface area contributed by atoms with Crippen molar-refractivity contribution in [1.29, 1.82) is 0 Å². The number of halogens is 1. The highest BCUT2D eigenvalue weighted by atomic mass is 35.5. The molecule has 1 atom stereocenters. The summed E-state index contributed by atoms with van der Waals surface area (Å²) >= 11 is 6.07. The highest BCUT2D eigenvalue weighted by molar-refractivity contribution is 6.32. The number of anilines is 1. The SMILES string of the molecule is CC(Oc1ccccc1Cl)C(=O)Nc1ccccc1Oc1ccccc1. The molecule has 0 aliphatic carbocycles. The Bertz CT molecular complexity index is 883. The molecule has 0 saturated carbocycles. The Hall–Kier alpha value is -2.98. The molecule has 26 heavy (non-hydrogen) atoms. The number of nitrogens with one attached hydrogen (secondary N) is 1. The minimum absolute atomic E-state index is 0.297. The van der Waals surface area contributed by atoms with Gasteiger partial charge in [-0.3, -0.25) is 4.79 Å². The van der Waals surface area contributed by atoms with Crippen LogP contribution in [-0.2, 0) is 4.79 Å². The van der Waals surface area contributed by atoms with Crippen LogP contribution in [0.3, 0.4) is 0 Å². The zero-order valence-electron chi connectivity index (χ0n) is 14.2. The van der Waals surface area contributed by atoms with Crippen LogP contribution in [0.5, 0.6) is 17.2 Å². The van der Waals surface area contributed by atoms with Gasteiger partial charge in [0.25, 0.3) is 5.91 Å². The fraction of sp³-hybridized carbons (Fsp3) is 0.0952. The molecule has 0 spiro atoms. The minimum atomic E-state index is -0.723. The Morgan fingerprint density at radius 1 is 0.885 bits per heavy atom. The Labute approximate surface area is 157 Å². The van der Waals surface area contributed by atoms with Gasteiger partial charge in [-0.05, 0) is 43.3 Å². The number of carbonyl (C=O) groups excluding carboxylic acids is 1. The maximum Gasteiger partial charge on any atom is 0.265 e. The first kappa shape index (κ1) is 17.8. The summed E-state index contributed by atoms with van der Waals surface area (Å²) < 4.78 is 11.5. The van der Waals surface area contributed by atoms with Crippen LogP contribution in [0.1, 0.15) is 6.92 Å². The van der Waals surface area contributed by atoms with Gasteiger partial charge in [0.15, 0.2) is 11.9 Å². The maximum absolute atomic E-state index is 12.5. The lowest BCUT2D eigenvalue weighted by Gasteiger charge is -2.17. The second-order valence-electron chi connectivity index (χ2n) is 5.59. The van der Waals surface area contributed by atoms with Gasteiger partial charge in [0.05, 0.1) is 10.7 Å². The van der Waals surface area contributed by atoms with Crippen LogP contribution in [0, 0.1) is 0 Å². The molecule has 0 aliphatic heterocycles. The normalized spacial score (nSPS) is 11.5. The van der Waals surface area contributed by atoms with Gasteiger partial charge in [-0.25, -0.2) is 0 Å². The predicted octanol–water partition coefficient (Wildman–Crippen LogP) is 5.54. The molecule has 0 aliphatic rings. The average molecular weight is 368 g/mol. The van der Waals surface area contributed by atoms with E-state index in [1.165, 1.54) is 0 Å². The number of hydrogen-bond acceptors (Lipinski definition) is 3. The smallest absolute Gasteiger partial charge is 0.265 e. The lowest BCUT2D eigenvalue weighted by molar-refractivity contribution is -0.122. The molecule has 0 heterocycles. The molecular weight excluding hydrogens is 350 g/mol. The maximum atomic E-state index is 12.5. The predicted molar refractivity (Wildman–Crippen MR) is 103 cm³/mol. The van der Waals surface area contributed by atoms with Gasteiger partial charge in [-0.15, -0.1) is 0 Å². The summed E-state index contributed by atoms with van der Waals surface area (Å²) in [5.74, 6) is 1.41. The second kappa shape index (κ2) is 8.41. The number of hydrogen-bond donors (Lipinski definition) is 1. The van der Waals surface area contributed by atoms with E-state index in [4.69, 9.17) is 21.1 Å². The summed E-state index contributed by atoms with van der Waals surface area (Å²) in [6, 6.07) is 23.7. The molecule has 0 bridgehead atoms. The van der Waals surface area contributed by atoms with Gasteiger partial charge in [-0.1, -0.05) is 54.1 Å². The third-order valence-electron chi connectivity index (χ3n) is 3.63. The van der Waals surface area contributed by atoms with E-state index >= 15 is 0 Å².